The summed E-state index contributed by atoms with van der Waals surface area (Å²) in [6.45, 7) is 10.6. The average Bonchev–Trinajstić information content (AvgIpc) is 2.36. The van der Waals surface area contributed by atoms with E-state index in [4.69, 9.17) is 9.47 Å². The van der Waals surface area contributed by atoms with Crippen molar-refractivity contribution in [1.29, 1.82) is 0 Å². The number of ether oxygens (including phenoxy) is 2. The summed E-state index contributed by atoms with van der Waals surface area (Å²) in [6.07, 6.45) is -0.443. The SMILES string of the molecule is C=C(CNC(=O)OC(C)(C)C)COCc1ccccc1. The van der Waals surface area contributed by atoms with Crippen LogP contribution in [0.15, 0.2) is 42.5 Å². The van der Waals surface area contributed by atoms with Crippen molar-refractivity contribution in [3.8, 4) is 0 Å². The van der Waals surface area contributed by atoms with E-state index >= 15 is 0 Å². The van der Waals surface area contributed by atoms with E-state index in [1.165, 1.54) is 0 Å². The summed E-state index contributed by atoms with van der Waals surface area (Å²) >= 11 is 0. The number of rotatable bonds is 6. The Hall–Kier alpha value is -1.81. The van der Waals surface area contributed by atoms with Crippen LogP contribution in [0.25, 0.3) is 0 Å². The molecule has 0 radical (unpaired) electrons. The minimum absolute atomic E-state index is 0.351. The highest BCUT2D eigenvalue weighted by molar-refractivity contribution is 5.67. The normalized spacial score (nSPS) is 10.9. The molecule has 0 atom stereocenters. The van der Waals surface area contributed by atoms with Gasteiger partial charge in [-0.05, 0) is 31.9 Å². The molecule has 1 aromatic rings. The molecule has 0 unspecified atom stereocenters. The van der Waals surface area contributed by atoms with Gasteiger partial charge in [-0.1, -0.05) is 36.9 Å². The van der Waals surface area contributed by atoms with Gasteiger partial charge in [0.1, 0.15) is 5.60 Å². The maximum Gasteiger partial charge on any atom is 0.407 e. The number of carbonyl (C=O) groups excluding carboxylic acids is 1. The number of hydrogen-bond donors (Lipinski definition) is 1. The van der Waals surface area contributed by atoms with Crippen LogP contribution in [-0.4, -0.2) is 24.8 Å². The zero-order valence-electron chi connectivity index (χ0n) is 12.4. The number of amides is 1. The predicted molar refractivity (Wildman–Crippen MR) is 79.5 cm³/mol. The summed E-state index contributed by atoms with van der Waals surface area (Å²) in [7, 11) is 0. The lowest BCUT2D eigenvalue weighted by Gasteiger charge is -2.20. The van der Waals surface area contributed by atoms with Gasteiger partial charge in [-0.3, -0.25) is 0 Å². The number of hydrogen-bond acceptors (Lipinski definition) is 3. The number of nitrogens with one attached hydrogen (secondary N) is 1. The topological polar surface area (TPSA) is 47.6 Å². The van der Waals surface area contributed by atoms with Gasteiger partial charge in [0, 0.05) is 6.54 Å². The van der Waals surface area contributed by atoms with Crippen molar-refractivity contribution < 1.29 is 14.3 Å². The number of alkyl carbamates (subject to hydrolysis) is 1. The Morgan fingerprint density at radius 1 is 1.25 bits per heavy atom. The molecule has 0 aliphatic carbocycles. The highest BCUT2D eigenvalue weighted by Crippen LogP contribution is 2.06. The first kappa shape index (κ1) is 16.2. The van der Waals surface area contributed by atoms with Gasteiger partial charge in [-0.2, -0.15) is 0 Å². The van der Waals surface area contributed by atoms with E-state index < -0.39 is 11.7 Å². The van der Waals surface area contributed by atoms with Crippen molar-refractivity contribution in [3.63, 3.8) is 0 Å². The fraction of sp³-hybridized carbons (Fsp3) is 0.438. The molecule has 0 heterocycles. The third-order valence-electron chi connectivity index (χ3n) is 2.30. The molecule has 4 nitrogen and oxygen atoms in total. The van der Waals surface area contributed by atoms with E-state index in [1.807, 2.05) is 51.1 Å². The highest BCUT2D eigenvalue weighted by atomic mass is 16.6. The summed E-state index contributed by atoms with van der Waals surface area (Å²) in [5, 5.41) is 2.65. The zero-order valence-corrected chi connectivity index (χ0v) is 12.4. The van der Waals surface area contributed by atoms with Crippen LogP contribution in [0.4, 0.5) is 4.79 Å². The second-order valence-electron chi connectivity index (χ2n) is 5.58. The van der Waals surface area contributed by atoms with Gasteiger partial charge in [-0.15, -0.1) is 0 Å². The molecule has 4 heteroatoms. The Kier molecular flexibility index (Phi) is 6.25. The van der Waals surface area contributed by atoms with E-state index in [2.05, 4.69) is 11.9 Å². The van der Waals surface area contributed by atoms with E-state index in [0.29, 0.717) is 19.8 Å². The Morgan fingerprint density at radius 2 is 1.90 bits per heavy atom. The molecule has 20 heavy (non-hydrogen) atoms. The maximum absolute atomic E-state index is 11.4. The molecular weight excluding hydrogens is 254 g/mol. The molecular formula is C16H23NO3. The van der Waals surface area contributed by atoms with Crippen molar-refractivity contribution in [2.75, 3.05) is 13.2 Å². The molecule has 0 aliphatic heterocycles. The summed E-state index contributed by atoms with van der Waals surface area (Å²) in [6, 6.07) is 9.91. The van der Waals surface area contributed by atoms with Gasteiger partial charge in [-0.25, -0.2) is 4.79 Å². The lowest BCUT2D eigenvalue weighted by molar-refractivity contribution is 0.0529. The molecule has 0 saturated heterocycles. The van der Waals surface area contributed by atoms with Crippen molar-refractivity contribution in [3.05, 3.63) is 48.0 Å². The molecule has 0 fully saturated rings. The summed E-state index contributed by atoms with van der Waals surface area (Å²) < 4.78 is 10.7. The summed E-state index contributed by atoms with van der Waals surface area (Å²) in [5.41, 5.74) is 1.42. The van der Waals surface area contributed by atoms with Crippen LogP contribution < -0.4 is 5.32 Å². The zero-order chi connectivity index (χ0) is 15.0. The van der Waals surface area contributed by atoms with Crippen molar-refractivity contribution in [1.82, 2.24) is 5.32 Å². The highest BCUT2D eigenvalue weighted by Gasteiger charge is 2.15. The molecule has 0 saturated carbocycles. The number of carbonyl (C=O) groups is 1. The van der Waals surface area contributed by atoms with E-state index in [1.54, 1.807) is 0 Å². The second kappa shape index (κ2) is 7.70. The molecule has 0 spiro atoms. The van der Waals surface area contributed by atoms with E-state index in [0.717, 1.165) is 11.1 Å². The average molecular weight is 277 g/mol. The van der Waals surface area contributed by atoms with E-state index in [9.17, 15) is 4.79 Å². The van der Waals surface area contributed by atoms with Gasteiger partial charge in [0.05, 0.1) is 13.2 Å². The molecule has 1 rings (SSSR count). The first-order valence-corrected chi connectivity index (χ1v) is 6.62. The van der Waals surface area contributed by atoms with Crippen LogP contribution in [-0.2, 0) is 16.1 Å². The molecule has 1 N–H and O–H groups in total. The van der Waals surface area contributed by atoms with Gasteiger partial charge in [0.15, 0.2) is 0 Å². The van der Waals surface area contributed by atoms with Gasteiger partial charge >= 0.3 is 6.09 Å². The monoisotopic (exact) mass is 277 g/mol. The molecule has 1 aromatic carbocycles. The minimum atomic E-state index is -0.491. The fourth-order valence-corrected chi connectivity index (χ4v) is 1.45. The van der Waals surface area contributed by atoms with Crippen LogP contribution in [0, 0.1) is 0 Å². The van der Waals surface area contributed by atoms with Crippen LogP contribution in [0.1, 0.15) is 26.3 Å². The quantitative estimate of drug-likeness (QED) is 0.812. The molecule has 0 aliphatic rings. The lowest BCUT2D eigenvalue weighted by atomic mass is 10.2. The minimum Gasteiger partial charge on any atom is -0.444 e. The third-order valence-corrected chi connectivity index (χ3v) is 2.30. The van der Waals surface area contributed by atoms with Crippen LogP contribution in [0.3, 0.4) is 0 Å². The third kappa shape index (κ3) is 7.59. The molecule has 110 valence electrons. The smallest absolute Gasteiger partial charge is 0.407 e. The Labute approximate surface area is 120 Å². The lowest BCUT2D eigenvalue weighted by Crippen LogP contribution is -2.33. The maximum atomic E-state index is 11.4. The van der Waals surface area contributed by atoms with Crippen molar-refractivity contribution >= 4 is 6.09 Å². The Morgan fingerprint density at radius 3 is 2.50 bits per heavy atom. The van der Waals surface area contributed by atoms with Crippen LogP contribution in [0.5, 0.6) is 0 Å². The van der Waals surface area contributed by atoms with Crippen LogP contribution in [0.2, 0.25) is 0 Å². The fourth-order valence-electron chi connectivity index (χ4n) is 1.45. The molecule has 0 aromatic heterocycles. The Bertz CT molecular complexity index is 435. The molecule has 0 bridgehead atoms. The standard InChI is InChI=1S/C16H23NO3/c1-13(10-17-15(18)20-16(2,3)4)11-19-12-14-8-6-5-7-9-14/h5-9H,1,10-12H2,2-4H3,(H,17,18). The second-order valence-corrected chi connectivity index (χ2v) is 5.58. The molecule has 1 amide bonds. The van der Waals surface area contributed by atoms with Crippen molar-refractivity contribution in [2.45, 2.75) is 33.0 Å². The van der Waals surface area contributed by atoms with Gasteiger partial charge in [0.25, 0.3) is 0 Å². The largest absolute Gasteiger partial charge is 0.444 e. The van der Waals surface area contributed by atoms with E-state index in [-0.39, 0.29) is 0 Å². The summed E-state index contributed by atoms with van der Waals surface area (Å²) in [4.78, 5) is 11.4. The van der Waals surface area contributed by atoms with Crippen molar-refractivity contribution in [2.24, 2.45) is 0 Å². The van der Waals surface area contributed by atoms with Gasteiger partial charge in [0.2, 0.25) is 0 Å². The number of benzene rings is 1. The van der Waals surface area contributed by atoms with Crippen LogP contribution >= 0.6 is 0 Å². The summed E-state index contributed by atoms with van der Waals surface area (Å²) in [5.74, 6) is 0. The first-order valence-electron chi connectivity index (χ1n) is 6.62. The predicted octanol–water partition coefficient (Wildman–Crippen LogP) is 3.28. The van der Waals surface area contributed by atoms with Gasteiger partial charge < -0.3 is 14.8 Å². The Balaban J connectivity index is 2.16. The first-order chi connectivity index (χ1) is 9.37.